The van der Waals surface area contributed by atoms with Gasteiger partial charge < -0.3 is 19.9 Å². The Morgan fingerprint density at radius 3 is 2.46 bits per heavy atom. The molecular formula is C26H24F6N6O. The fourth-order valence-electron chi connectivity index (χ4n) is 4.46. The van der Waals surface area contributed by atoms with Gasteiger partial charge in [0.2, 0.25) is 5.82 Å². The number of benzene rings is 2. The van der Waals surface area contributed by atoms with Gasteiger partial charge in [-0.1, -0.05) is 6.07 Å². The van der Waals surface area contributed by atoms with Crippen LogP contribution in [-0.2, 0) is 12.7 Å². The van der Waals surface area contributed by atoms with Gasteiger partial charge in [-0.3, -0.25) is 4.90 Å². The fraction of sp³-hybridized carbons (Fsp3) is 0.308. The summed E-state index contributed by atoms with van der Waals surface area (Å²) in [6, 6.07) is 5.73. The Labute approximate surface area is 219 Å². The number of rotatable bonds is 6. The van der Waals surface area contributed by atoms with Gasteiger partial charge in [-0.25, -0.2) is 13.8 Å². The minimum absolute atomic E-state index is 0.0700. The molecule has 0 saturated carbocycles. The lowest BCUT2D eigenvalue weighted by molar-refractivity contribution is -0.138. The van der Waals surface area contributed by atoms with Crippen molar-refractivity contribution in [2.24, 2.45) is 0 Å². The van der Waals surface area contributed by atoms with E-state index in [9.17, 15) is 22.0 Å². The van der Waals surface area contributed by atoms with E-state index in [0.29, 0.717) is 18.8 Å². The van der Waals surface area contributed by atoms with Crippen LogP contribution in [0.25, 0.3) is 10.9 Å². The molecule has 0 aliphatic carbocycles. The normalized spacial score (nSPS) is 15.2. The molecule has 1 aliphatic rings. The molecule has 4 aromatic rings. The van der Waals surface area contributed by atoms with Crippen LogP contribution in [0.2, 0.25) is 0 Å². The maximum atomic E-state index is 15.2. The average molecular weight is 551 g/mol. The third-order valence-electron chi connectivity index (χ3n) is 6.53. The molecule has 206 valence electrons. The zero-order valence-electron chi connectivity index (χ0n) is 21.0. The van der Waals surface area contributed by atoms with Crippen LogP contribution in [-0.4, -0.2) is 58.0 Å². The molecule has 2 aromatic heterocycles. The highest BCUT2D eigenvalue weighted by atomic mass is 19.4. The predicted molar refractivity (Wildman–Crippen MR) is 133 cm³/mol. The molecule has 0 unspecified atom stereocenters. The SMILES string of the molecule is Cc1cc2c(F)c(Oc3ncnc(Nc4ccc(CN5CCN(C)CC5)c(C(F)(F)F)c4)c3F)cc(F)c2[nH]1. The number of anilines is 2. The highest BCUT2D eigenvalue weighted by Gasteiger charge is 2.34. The van der Waals surface area contributed by atoms with Gasteiger partial charge in [-0.05, 0) is 37.7 Å². The van der Waals surface area contributed by atoms with Crippen LogP contribution in [0, 0.1) is 24.4 Å². The lowest BCUT2D eigenvalue weighted by atomic mass is 10.0. The molecule has 5 rings (SSSR count). The molecule has 0 spiro atoms. The number of hydrogen-bond donors (Lipinski definition) is 2. The topological polar surface area (TPSA) is 69.3 Å². The van der Waals surface area contributed by atoms with Crippen molar-refractivity contribution in [3.05, 3.63) is 70.9 Å². The van der Waals surface area contributed by atoms with Crippen LogP contribution >= 0.6 is 0 Å². The van der Waals surface area contributed by atoms with Gasteiger partial charge in [0.25, 0.3) is 5.88 Å². The second-order valence-corrected chi connectivity index (χ2v) is 9.43. The molecule has 0 radical (unpaired) electrons. The molecule has 13 heteroatoms. The van der Waals surface area contributed by atoms with E-state index in [1.807, 2.05) is 11.9 Å². The number of aromatic amines is 1. The van der Waals surface area contributed by atoms with Crippen molar-refractivity contribution in [2.75, 3.05) is 38.5 Å². The quantitative estimate of drug-likeness (QED) is 0.288. The third-order valence-corrected chi connectivity index (χ3v) is 6.53. The molecule has 1 saturated heterocycles. The van der Waals surface area contributed by atoms with Gasteiger partial charge in [-0.15, -0.1) is 0 Å². The smallest absolute Gasteiger partial charge is 0.416 e. The lowest BCUT2D eigenvalue weighted by Gasteiger charge is -2.33. The molecule has 1 fully saturated rings. The molecule has 1 aliphatic heterocycles. The van der Waals surface area contributed by atoms with Crippen LogP contribution in [0.4, 0.5) is 37.8 Å². The van der Waals surface area contributed by atoms with Crippen molar-refractivity contribution in [1.29, 1.82) is 0 Å². The number of alkyl halides is 3. The molecule has 2 aromatic carbocycles. The van der Waals surface area contributed by atoms with E-state index in [1.165, 1.54) is 18.2 Å². The summed E-state index contributed by atoms with van der Waals surface area (Å²) in [4.78, 5) is 14.1. The molecule has 7 nitrogen and oxygen atoms in total. The van der Waals surface area contributed by atoms with E-state index in [4.69, 9.17) is 4.74 Å². The summed E-state index contributed by atoms with van der Waals surface area (Å²) in [5, 5.41) is 2.42. The maximum absolute atomic E-state index is 15.2. The van der Waals surface area contributed by atoms with Gasteiger partial charge in [0, 0.05) is 55.6 Å². The first-order valence-electron chi connectivity index (χ1n) is 12.0. The van der Waals surface area contributed by atoms with Crippen LogP contribution in [0.3, 0.4) is 0 Å². The van der Waals surface area contributed by atoms with Crippen LogP contribution in [0.15, 0.2) is 36.7 Å². The summed E-state index contributed by atoms with van der Waals surface area (Å²) in [6.45, 7) is 4.54. The second-order valence-electron chi connectivity index (χ2n) is 9.43. The van der Waals surface area contributed by atoms with Gasteiger partial charge in [0.1, 0.15) is 6.33 Å². The number of halogens is 6. The van der Waals surface area contributed by atoms with Gasteiger partial charge >= 0.3 is 6.18 Å². The Hall–Kier alpha value is -3.84. The minimum Gasteiger partial charge on any atom is -0.433 e. The number of nitrogens with one attached hydrogen (secondary N) is 2. The van der Waals surface area contributed by atoms with E-state index in [0.717, 1.165) is 31.5 Å². The fourth-order valence-corrected chi connectivity index (χ4v) is 4.46. The van der Waals surface area contributed by atoms with E-state index in [1.54, 1.807) is 6.92 Å². The van der Waals surface area contributed by atoms with E-state index < -0.39 is 46.6 Å². The predicted octanol–water partition coefficient (Wildman–Crippen LogP) is 5.99. The summed E-state index contributed by atoms with van der Waals surface area (Å²) < 4.78 is 91.5. The lowest BCUT2D eigenvalue weighted by Crippen LogP contribution is -2.44. The summed E-state index contributed by atoms with van der Waals surface area (Å²) in [5.41, 5.74) is -0.399. The first-order valence-corrected chi connectivity index (χ1v) is 12.0. The Morgan fingerprint density at radius 1 is 1.00 bits per heavy atom. The first kappa shape index (κ1) is 26.8. The van der Waals surface area contributed by atoms with Crippen LogP contribution in [0.1, 0.15) is 16.8 Å². The molecule has 3 heterocycles. The number of aromatic nitrogens is 3. The van der Waals surface area contributed by atoms with Crippen molar-refractivity contribution in [3.8, 4) is 11.6 Å². The Morgan fingerprint density at radius 2 is 1.74 bits per heavy atom. The monoisotopic (exact) mass is 550 g/mol. The summed E-state index contributed by atoms with van der Waals surface area (Å²) in [7, 11) is 1.96. The number of H-pyrrole nitrogens is 1. The van der Waals surface area contributed by atoms with Crippen molar-refractivity contribution in [3.63, 3.8) is 0 Å². The third kappa shape index (κ3) is 5.64. The first-order chi connectivity index (χ1) is 18.5. The minimum atomic E-state index is -4.64. The standard InChI is InChI=1S/C26H24F6N6O/c1-14-9-17-21(28)20(11-19(27)23(17)35-14)39-25-22(29)24(33-13-34-25)36-16-4-3-15(18(10-16)26(30,31)32)12-38-7-5-37(2)6-8-38/h3-4,9-11,13,35H,5-8,12H2,1-2H3,(H,33,34,36). The van der Waals surface area contributed by atoms with E-state index in [2.05, 4.69) is 25.2 Å². The summed E-state index contributed by atoms with van der Waals surface area (Å²) >= 11 is 0. The van der Waals surface area contributed by atoms with E-state index >= 15 is 4.39 Å². The van der Waals surface area contributed by atoms with Crippen LogP contribution < -0.4 is 10.1 Å². The zero-order valence-corrected chi connectivity index (χ0v) is 21.0. The number of nitrogens with zero attached hydrogens (tertiary/aromatic N) is 4. The highest BCUT2D eigenvalue weighted by Crippen LogP contribution is 2.37. The number of piperazine rings is 1. The Kier molecular flexibility index (Phi) is 7.12. The molecule has 2 N–H and O–H groups in total. The largest absolute Gasteiger partial charge is 0.433 e. The number of hydrogen-bond acceptors (Lipinski definition) is 6. The summed E-state index contributed by atoms with van der Waals surface area (Å²) in [6.07, 6.45) is -3.75. The maximum Gasteiger partial charge on any atom is 0.416 e. The molecule has 0 bridgehead atoms. The molecular weight excluding hydrogens is 526 g/mol. The van der Waals surface area contributed by atoms with Crippen LogP contribution in [0.5, 0.6) is 11.6 Å². The molecule has 39 heavy (non-hydrogen) atoms. The Bertz CT molecular complexity index is 1510. The number of ether oxygens (including phenoxy) is 1. The molecule has 0 atom stereocenters. The number of likely N-dealkylation sites (N-methyl/N-ethyl adjacent to an activating group) is 1. The van der Waals surface area contributed by atoms with Gasteiger partial charge in [-0.2, -0.15) is 22.5 Å². The Balaban J connectivity index is 1.40. The molecule has 0 amide bonds. The van der Waals surface area contributed by atoms with Crippen molar-refractivity contribution >= 4 is 22.4 Å². The van der Waals surface area contributed by atoms with Gasteiger partial charge in [0.05, 0.1) is 11.1 Å². The van der Waals surface area contributed by atoms with Crippen molar-refractivity contribution < 1.29 is 31.1 Å². The highest BCUT2D eigenvalue weighted by molar-refractivity contribution is 5.83. The van der Waals surface area contributed by atoms with Crippen molar-refractivity contribution in [1.82, 2.24) is 24.8 Å². The van der Waals surface area contributed by atoms with E-state index in [-0.39, 0.29) is 28.7 Å². The number of aryl methyl sites for hydroxylation is 1. The zero-order chi connectivity index (χ0) is 27.9. The van der Waals surface area contributed by atoms with Gasteiger partial charge in [0.15, 0.2) is 23.2 Å². The number of fused-ring (bicyclic) bond motifs is 1. The van der Waals surface area contributed by atoms with Crippen molar-refractivity contribution in [2.45, 2.75) is 19.6 Å². The second kappa shape index (κ2) is 10.4. The average Bonchev–Trinajstić information content (AvgIpc) is 3.29. The summed E-state index contributed by atoms with van der Waals surface area (Å²) in [5.74, 6) is -4.81.